The van der Waals surface area contributed by atoms with Crippen LogP contribution in [0.5, 0.6) is 0 Å². The number of aliphatic hydroxyl groups excluding tert-OH is 1. The van der Waals surface area contributed by atoms with Gasteiger partial charge in [0.25, 0.3) is 5.56 Å². The Labute approximate surface area is 185 Å². The average molecular weight is 443 g/mol. The van der Waals surface area contributed by atoms with Gasteiger partial charge in [-0.05, 0) is 59.9 Å². The Morgan fingerprint density at radius 3 is 2.55 bits per heavy atom. The summed E-state index contributed by atoms with van der Waals surface area (Å²) >= 11 is 5.94. The van der Waals surface area contributed by atoms with Crippen LogP contribution in [0.15, 0.2) is 59.5 Å². The summed E-state index contributed by atoms with van der Waals surface area (Å²) in [7, 11) is 1.62. The van der Waals surface area contributed by atoms with Gasteiger partial charge in [-0.3, -0.25) is 9.59 Å². The molecule has 1 heterocycles. The molecule has 0 aliphatic carbocycles. The van der Waals surface area contributed by atoms with Gasteiger partial charge in [0.15, 0.2) is 0 Å². The maximum Gasteiger partial charge on any atom is 0.250 e. The van der Waals surface area contributed by atoms with Gasteiger partial charge in [0.05, 0.1) is 0 Å². The van der Waals surface area contributed by atoms with Crippen molar-refractivity contribution in [3.8, 4) is 11.1 Å². The molecule has 3 aromatic rings. The molecule has 162 valence electrons. The Morgan fingerprint density at radius 1 is 1.16 bits per heavy atom. The first-order valence-corrected chi connectivity index (χ1v) is 10.4. The van der Waals surface area contributed by atoms with Crippen molar-refractivity contribution >= 4 is 17.5 Å². The van der Waals surface area contributed by atoms with Crippen molar-refractivity contribution in [3.05, 3.63) is 92.6 Å². The SMILES string of the molecule is CCNC(=O)CCc1cc(=O)n(C)cc1-c1ccc(F)cc1[C@@H](O)c1ccc(Cl)cc1. The number of nitrogens with zero attached hydrogens (tertiary/aromatic N) is 1. The van der Waals surface area contributed by atoms with Crippen LogP contribution in [0, 0.1) is 5.82 Å². The zero-order valence-electron chi connectivity index (χ0n) is 17.4. The van der Waals surface area contributed by atoms with Crippen molar-refractivity contribution in [2.24, 2.45) is 7.05 Å². The van der Waals surface area contributed by atoms with Crippen LogP contribution in [0.4, 0.5) is 4.39 Å². The Morgan fingerprint density at radius 2 is 1.87 bits per heavy atom. The molecule has 0 aliphatic heterocycles. The molecule has 1 aromatic heterocycles. The van der Waals surface area contributed by atoms with Crippen molar-refractivity contribution < 1.29 is 14.3 Å². The summed E-state index contributed by atoms with van der Waals surface area (Å²) in [6, 6.07) is 12.3. The highest BCUT2D eigenvalue weighted by Gasteiger charge is 2.20. The van der Waals surface area contributed by atoms with E-state index in [4.69, 9.17) is 11.6 Å². The minimum atomic E-state index is -1.10. The molecule has 3 rings (SSSR count). The number of rotatable bonds is 7. The highest BCUT2D eigenvalue weighted by atomic mass is 35.5. The molecule has 7 heteroatoms. The number of halogens is 2. The number of benzene rings is 2. The lowest BCUT2D eigenvalue weighted by atomic mass is 9.90. The smallest absolute Gasteiger partial charge is 0.250 e. The molecule has 0 radical (unpaired) electrons. The third-order valence-electron chi connectivity index (χ3n) is 5.09. The molecule has 0 spiro atoms. The second-order valence-electron chi connectivity index (χ2n) is 7.30. The van der Waals surface area contributed by atoms with Crippen LogP contribution in [0.3, 0.4) is 0 Å². The van der Waals surface area contributed by atoms with Crippen LogP contribution in [-0.2, 0) is 18.3 Å². The molecule has 1 atom stereocenters. The van der Waals surface area contributed by atoms with Gasteiger partial charge in [0, 0.05) is 42.9 Å². The number of carbonyl (C=O) groups excluding carboxylic acids is 1. The normalized spacial score (nSPS) is 11.9. The summed E-state index contributed by atoms with van der Waals surface area (Å²) in [5.41, 5.74) is 2.62. The number of aliphatic hydroxyl groups is 1. The number of nitrogens with one attached hydrogen (secondary N) is 1. The van der Waals surface area contributed by atoms with E-state index in [1.54, 1.807) is 43.6 Å². The van der Waals surface area contributed by atoms with Crippen LogP contribution in [0.25, 0.3) is 11.1 Å². The minimum absolute atomic E-state index is 0.116. The Balaban J connectivity index is 2.10. The zero-order chi connectivity index (χ0) is 22.5. The summed E-state index contributed by atoms with van der Waals surface area (Å²) in [5, 5.41) is 14.3. The van der Waals surface area contributed by atoms with Crippen molar-refractivity contribution in [2.75, 3.05) is 6.54 Å². The largest absolute Gasteiger partial charge is 0.384 e. The van der Waals surface area contributed by atoms with Crippen molar-refractivity contribution in [1.29, 1.82) is 0 Å². The molecular formula is C24H24ClFN2O3. The molecule has 0 saturated heterocycles. The van der Waals surface area contributed by atoms with E-state index in [1.165, 1.54) is 22.8 Å². The highest BCUT2D eigenvalue weighted by molar-refractivity contribution is 6.30. The molecule has 31 heavy (non-hydrogen) atoms. The summed E-state index contributed by atoms with van der Waals surface area (Å²) in [6.45, 7) is 2.36. The van der Waals surface area contributed by atoms with Gasteiger partial charge in [0.2, 0.25) is 5.91 Å². The van der Waals surface area contributed by atoms with Gasteiger partial charge < -0.3 is 15.0 Å². The third-order valence-corrected chi connectivity index (χ3v) is 5.35. The van der Waals surface area contributed by atoms with Gasteiger partial charge >= 0.3 is 0 Å². The first kappa shape index (κ1) is 22.7. The van der Waals surface area contributed by atoms with Gasteiger partial charge in [-0.1, -0.05) is 29.8 Å². The quantitative estimate of drug-likeness (QED) is 0.581. The number of carbonyl (C=O) groups is 1. The van der Waals surface area contributed by atoms with Crippen molar-refractivity contribution in [3.63, 3.8) is 0 Å². The summed E-state index contributed by atoms with van der Waals surface area (Å²) in [6.07, 6.45) is 1.10. The summed E-state index contributed by atoms with van der Waals surface area (Å²) in [5.74, 6) is -0.602. The molecule has 2 aromatic carbocycles. The third kappa shape index (κ3) is 5.40. The number of aryl methyl sites for hydroxylation is 2. The molecule has 0 saturated carbocycles. The van der Waals surface area contributed by atoms with E-state index in [9.17, 15) is 19.1 Å². The van der Waals surface area contributed by atoms with Crippen LogP contribution in [0.1, 0.15) is 36.1 Å². The predicted molar refractivity (Wildman–Crippen MR) is 120 cm³/mol. The second-order valence-corrected chi connectivity index (χ2v) is 7.74. The van der Waals surface area contributed by atoms with Crippen molar-refractivity contribution in [1.82, 2.24) is 9.88 Å². The van der Waals surface area contributed by atoms with Gasteiger partial charge in [-0.2, -0.15) is 0 Å². The first-order valence-electron chi connectivity index (χ1n) is 9.99. The molecular weight excluding hydrogens is 419 g/mol. The van der Waals surface area contributed by atoms with Crippen LogP contribution >= 0.6 is 11.6 Å². The van der Waals surface area contributed by atoms with Gasteiger partial charge in [-0.15, -0.1) is 0 Å². The Bertz CT molecular complexity index is 1140. The maximum absolute atomic E-state index is 14.1. The molecule has 5 nitrogen and oxygen atoms in total. The highest BCUT2D eigenvalue weighted by Crippen LogP contribution is 2.34. The standard InChI is InChI=1S/C24H24ClFN2O3/c1-3-27-22(29)11-6-16-12-23(30)28(2)14-21(16)19-10-9-18(26)13-20(19)24(31)15-4-7-17(25)8-5-15/h4-5,7-10,12-14,24,31H,3,6,11H2,1-2H3,(H,27,29)/t24-/m0/s1. The molecule has 0 aliphatic rings. The number of aromatic nitrogens is 1. The Kier molecular flexibility index (Phi) is 7.25. The fourth-order valence-electron chi connectivity index (χ4n) is 3.48. The second kappa shape index (κ2) is 9.90. The first-order chi connectivity index (χ1) is 14.8. The predicted octanol–water partition coefficient (Wildman–Crippen LogP) is 4.00. The van der Waals surface area contributed by atoms with E-state index in [0.717, 1.165) is 0 Å². The molecule has 1 amide bonds. The molecule has 0 unspecified atom stereocenters. The minimum Gasteiger partial charge on any atom is -0.384 e. The molecule has 0 bridgehead atoms. The average Bonchev–Trinajstić information content (AvgIpc) is 2.74. The van der Waals surface area contributed by atoms with E-state index in [-0.39, 0.29) is 17.9 Å². The fourth-order valence-corrected chi connectivity index (χ4v) is 3.61. The van der Waals surface area contributed by atoms with E-state index < -0.39 is 11.9 Å². The summed E-state index contributed by atoms with van der Waals surface area (Å²) in [4.78, 5) is 24.2. The van der Waals surface area contributed by atoms with Gasteiger partial charge in [0.1, 0.15) is 11.9 Å². The monoisotopic (exact) mass is 442 g/mol. The lowest BCUT2D eigenvalue weighted by Gasteiger charge is -2.19. The Hall–Kier alpha value is -2.96. The van der Waals surface area contributed by atoms with Crippen molar-refractivity contribution in [2.45, 2.75) is 25.9 Å². The lowest BCUT2D eigenvalue weighted by molar-refractivity contribution is -0.120. The topological polar surface area (TPSA) is 71.3 Å². The van der Waals surface area contributed by atoms with Gasteiger partial charge in [-0.25, -0.2) is 4.39 Å². The van der Waals surface area contributed by atoms with E-state index in [0.29, 0.717) is 45.8 Å². The molecule has 2 N–H and O–H groups in total. The van der Waals surface area contributed by atoms with Crippen LogP contribution < -0.4 is 10.9 Å². The molecule has 0 fully saturated rings. The lowest BCUT2D eigenvalue weighted by Crippen LogP contribution is -2.23. The van der Waals surface area contributed by atoms with Crippen LogP contribution in [0.2, 0.25) is 5.02 Å². The van der Waals surface area contributed by atoms with E-state index in [2.05, 4.69) is 5.32 Å². The van der Waals surface area contributed by atoms with E-state index >= 15 is 0 Å². The number of hydrogen-bond acceptors (Lipinski definition) is 3. The zero-order valence-corrected chi connectivity index (χ0v) is 18.1. The van der Waals surface area contributed by atoms with Crippen LogP contribution in [-0.4, -0.2) is 22.1 Å². The summed E-state index contributed by atoms with van der Waals surface area (Å²) < 4.78 is 15.6. The number of amides is 1. The van der Waals surface area contributed by atoms with E-state index in [1.807, 2.05) is 6.92 Å². The number of hydrogen-bond donors (Lipinski definition) is 2. The number of pyridine rings is 1. The maximum atomic E-state index is 14.1. The fraction of sp³-hybridized carbons (Fsp3) is 0.250.